The molecule has 0 atom stereocenters. The molecule has 0 aliphatic carbocycles. The standard InChI is InChI=1S/C13H20N2OS/c1-16-12-4-3-5-13(17-2)11(12)10-15-8-6-14-7-9-15/h3-5,14H,6-10H2,1-2H3. The topological polar surface area (TPSA) is 24.5 Å². The molecule has 0 amide bonds. The molecule has 4 heteroatoms. The van der Waals surface area contributed by atoms with Crippen LogP contribution >= 0.6 is 11.8 Å². The third-order valence-electron chi connectivity index (χ3n) is 3.12. The first-order valence-corrected chi connectivity index (χ1v) is 7.20. The van der Waals surface area contributed by atoms with Gasteiger partial charge in [0.15, 0.2) is 0 Å². The van der Waals surface area contributed by atoms with Gasteiger partial charge in [-0.2, -0.15) is 0 Å². The van der Waals surface area contributed by atoms with Gasteiger partial charge in [-0.05, 0) is 18.4 Å². The number of hydrogen-bond acceptors (Lipinski definition) is 4. The number of thioether (sulfide) groups is 1. The van der Waals surface area contributed by atoms with Gasteiger partial charge >= 0.3 is 0 Å². The highest BCUT2D eigenvalue weighted by molar-refractivity contribution is 7.98. The highest BCUT2D eigenvalue weighted by atomic mass is 32.2. The molecule has 1 aliphatic heterocycles. The minimum absolute atomic E-state index is 0.988. The summed E-state index contributed by atoms with van der Waals surface area (Å²) < 4.78 is 5.47. The molecule has 0 radical (unpaired) electrons. The number of hydrogen-bond donors (Lipinski definition) is 1. The van der Waals surface area contributed by atoms with Crippen LogP contribution in [0.1, 0.15) is 5.56 Å². The van der Waals surface area contributed by atoms with E-state index in [4.69, 9.17) is 4.74 Å². The van der Waals surface area contributed by atoms with E-state index in [9.17, 15) is 0 Å². The van der Waals surface area contributed by atoms with Crippen LogP contribution < -0.4 is 10.1 Å². The van der Waals surface area contributed by atoms with Gasteiger partial charge < -0.3 is 10.1 Å². The Bertz CT molecular complexity index is 342. The van der Waals surface area contributed by atoms with Crippen LogP contribution in [0.2, 0.25) is 0 Å². The second-order valence-electron chi connectivity index (χ2n) is 4.17. The van der Waals surface area contributed by atoms with Crippen LogP contribution in [0.3, 0.4) is 0 Å². The quantitative estimate of drug-likeness (QED) is 0.826. The molecule has 0 unspecified atom stereocenters. The maximum Gasteiger partial charge on any atom is 0.124 e. The Kier molecular flexibility index (Phi) is 4.71. The van der Waals surface area contributed by atoms with Crippen molar-refractivity contribution in [1.29, 1.82) is 0 Å². The molecule has 1 fully saturated rings. The normalized spacial score (nSPS) is 17.1. The molecular formula is C13H20N2OS. The first-order chi connectivity index (χ1) is 8.35. The molecule has 17 heavy (non-hydrogen) atoms. The van der Waals surface area contributed by atoms with Crippen LogP contribution in [0.25, 0.3) is 0 Å². The number of nitrogens with zero attached hydrogens (tertiary/aromatic N) is 1. The van der Waals surface area contributed by atoms with Crippen LogP contribution in [0, 0.1) is 0 Å². The molecule has 94 valence electrons. The first-order valence-electron chi connectivity index (χ1n) is 5.98. The molecule has 1 aliphatic rings. The summed E-state index contributed by atoms with van der Waals surface area (Å²) in [5.41, 5.74) is 1.32. The number of benzene rings is 1. The van der Waals surface area contributed by atoms with Gasteiger partial charge in [-0.1, -0.05) is 6.07 Å². The summed E-state index contributed by atoms with van der Waals surface area (Å²) in [6, 6.07) is 6.29. The van der Waals surface area contributed by atoms with E-state index >= 15 is 0 Å². The van der Waals surface area contributed by atoms with E-state index < -0.39 is 0 Å². The van der Waals surface area contributed by atoms with E-state index in [0.29, 0.717) is 0 Å². The molecule has 0 spiro atoms. The van der Waals surface area contributed by atoms with Gasteiger partial charge in [-0.25, -0.2) is 0 Å². The van der Waals surface area contributed by atoms with Crippen molar-refractivity contribution in [3.05, 3.63) is 23.8 Å². The number of methoxy groups -OCH3 is 1. The van der Waals surface area contributed by atoms with Crippen molar-refractivity contribution in [2.45, 2.75) is 11.4 Å². The van der Waals surface area contributed by atoms with Crippen LogP contribution in [0.5, 0.6) is 5.75 Å². The van der Waals surface area contributed by atoms with Crippen molar-refractivity contribution < 1.29 is 4.74 Å². The monoisotopic (exact) mass is 252 g/mol. The molecule has 1 saturated heterocycles. The first kappa shape index (κ1) is 12.7. The van der Waals surface area contributed by atoms with Crippen molar-refractivity contribution in [2.75, 3.05) is 39.5 Å². The van der Waals surface area contributed by atoms with Crippen LogP contribution in [-0.4, -0.2) is 44.4 Å². The summed E-state index contributed by atoms with van der Waals surface area (Å²) in [6.45, 7) is 5.40. The maximum atomic E-state index is 5.47. The summed E-state index contributed by atoms with van der Waals surface area (Å²) in [5, 5.41) is 3.38. The fourth-order valence-corrected chi connectivity index (χ4v) is 2.80. The zero-order valence-corrected chi connectivity index (χ0v) is 11.3. The SMILES string of the molecule is COc1cccc(SC)c1CN1CCNCC1. The Hall–Kier alpha value is -0.710. The van der Waals surface area contributed by atoms with Gasteiger partial charge in [0.2, 0.25) is 0 Å². The lowest BCUT2D eigenvalue weighted by Gasteiger charge is -2.28. The predicted octanol–water partition coefficient (Wildman–Crippen LogP) is 1.82. The molecule has 0 aromatic heterocycles. The van der Waals surface area contributed by atoms with Gasteiger partial charge in [-0.15, -0.1) is 11.8 Å². The van der Waals surface area contributed by atoms with Gasteiger partial charge in [0, 0.05) is 43.2 Å². The van der Waals surface area contributed by atoms with E-state index in [1.165, 1.54) is 10.5 Å². The summed E-state index contributed by atoms with van der Waals surface area (Å²) in [6.07, 6.45) is 2.12. The largest absolute Gasteiger partial charge is 0.496 e. The smallest absolute Gasteiger partial charge is 0.124 e. The van der Waals surface area contributed by atoms with Crippen molar-refractivity contribution >= 4 is 11.8 Å². The van der Waals surface area contributed by atoms with Gasteiger partial charge in [0.05, 0.1) is 7.11 Å². The zero-order valence-electron chi connectivity index (χ0n) is 10.5. The second-order valence-corrected chi connectivity index (χ2v) is 5.02. The Morgan fingerprint density at radius 3 is 2.76 bits per heavy atom. The number of ether oxygens (including phenoxy) is 1. The van der Waals surface area contributed by atoms with Crippen molar-refractivity contribution in [2.24, 2.45) is 0 Å². The Balaban J connectivity index is 2.16. The van der Waals surface area contributed by atoms with Crippen LogP contribution in [-0.2, 0) is 6.54 Å². The molecule has 1 heterocycles. The third-order valence-corrected chi connectivity index (χ3v) is 3.94. The van der Waals surface area contributed by atoms with Crippen molar-refractivity contribution in [3.8, 4) is 5.75 Å². The molecule has 1 N–H and O–H groups in total. The van der Waals surface area contributed by atoms with E-state index in [0.717, 1.165) is 38.5 Å². The van der Waals surface area contributed by atoms with Gasteiger partial charge in [0.1, 0.15) is 5.75 Å². The molecule has 1 aromatic rings. The summed E-state index contributed by atoms with van der Waals surface area (Å²) >= 11 is 1.79. The van der Waals surface area contributed by atoms with E-state index in [-0.39, 0.29) is 0 Å². The Morgan fingerprint density at radius 1 is 1.35 bits per heavy atom. The average Bonchev–Trinajstić information content (AvgIpc) is 2.40. The highest BCUT2D eigenvalue weighted by Gasteiger charge is 2.15. The lowest BCUT2D eigenvalue weighted by molar-refractivity contribution is 0.228. The third kappa shape index (κ3) is 3.15. The predicted molar refractivity (Wildman–Crippen MR) is 72.9 cm³/mol. The maximum absolute atomic E-state index is 5.47. The van der Waals surface area contributed by atoms with Crippen molar-refractivity contribution in [3.63, 3.8) is 0 Å². The molecular weight excluding hydrogens is 232 g/mol. The number of rotatable bonds is 4. The summed E-state index contributed by atoms with van der Waals surface area (Å²) in [5.74, 6) is 1.01. The lowest BCUT2D eigenvalue weighted by Crippen LogP contribution is -2.43. The number of nitrogens with one attached hydrogen (secondary N) is 1. The fourth-order valence-electron chi connectivity index (χ4n) is 2.18. The molecule has 2 rings (SSSR count). The molecule has 3 nitrogen and oxygen atoms in total. The minimum Gasteiger partial charge on any atom is -0.496 e. The molecule has 0 saturated carbocycles. The van der Waals surface area contributed by atoms with Gasteiger partial charge in [0.25, 0.3) is 0 Å². The minimum atomic E-state index is 0.988. The van der Waals surface area contributed by atoms with Crippen LogP contribution in [0.15, 0.2) is 23.1 Å². The van der Waals surface area contributed by atoms with E-state index in [2.05, 4.69) is 34.7 Å². The van der Waals surface area contributed by atoms with E-state index in [1.54, 1.807) is 18.9 Å². The summed E-state index contributed by atoms with van der Waals surface area (Å²) in [4.78, 5) is 3.80. The average molecular weight is 252 g/mol. The lowest BCUT2D eigenvalue weighted by atomic mass is 10.1. The number of piperazine rings is 1. The van der Waals surface area contributed by atoms with E-state index in [1.807, 2.05) is 0 Å². The zero-order chi connectivity index (χ0) is 12.1. The Morgan fingerprint density at radius 2 is 2.12 bits per heavy atom. The highest BCUT2D eigenvalue weighted by Crippen LogP contribution is 2.29. The Labute approximate surface area is 108 Å². The molecule has 0 bridgehead atoms. The van der Waals surface area contributed by atoms with Gasteiger partial charge in [-0.3, -0.25) is 4.90 Å². The summed E-state index contributed by atoms with van der Waals surface area (Å²) in [7, 11) is 1.75. The fraction of sp³-hybridized carbons (Fsp3) is 0.538. The molecule has 1 aromatic carbocycles. The van der Waals surface area contributed by atoms with Crippen molar-refractivity contribution in [1.82, 2.24) is 10.2 Å². The van der Waals surface area contributed by atoms with Crippen LogP contribution in [0.4, 0.5) is 0 Å². The second kappa shape index (κ2) is 6.28.